The quantitative estimate of drug-likeness (QED) is 0.710. The maximum absolute atomic E-state index is 12.4. The van der Waals surface area contributed by atoms with E-state index in [2.05, 4.69) is 15.6 Å². The van der Waals surface area contributed by atoms with Crippen molar-refractivity contribution in [2.24, 2.45) is 0 Å². The lowest BCUT2D eigenvalue weighted by atomic mass is 10.00. The third-order valence-corrected chi connectivity index (χ3v) is 6.64. The Hall–Kier alpha value is -1.52. The number of hydrogen-bond acceptors (Lipinski definition) is 6. The van der Waals surface area contributed by atoms with E-state index < -0.39 is 27.5 Å². The number of aromatic nitrogens is 1. The fourth-order valence-corrected chi connectivity index (χ4v) is 5.15. The van der Waals surface area contributed by atoms with Crippen molar-refractivity contribution in [2.75, 3.05) is 13.1 Å². The molecule has 108 valence electrons. The van der Waals surface area contributed by atoms with Crippen LogP contribution in [0, 0.1) is 6.92 Å². The number of imide groups is 1. The summed E-state index contributed by atoms with van der Waals surface area (Å²) in [7, 11) is -3.66. The minimum absolute atomic E-state index is 0.0517. The highest BCUT2D eigenvalue weighted by Gasteiger charge is 2.53. The van der Waals surface area contributed by atoms with Gasteiger partial charge in [0.2, 0.25) is 0 Å². The van der Waals surface area contributed by atoms with Crippen LogP contribution in [0.4, 0.5) is 4.79 Å². The zero-order valence-electron chi connectivity index (χ0n) is 10.5. The molecule has 3 heterocycles. The first-order valence-electron chi connectivity index (χ1n) is 5.90. The predicted molar refractivity (Wildman–Crippen MR) is 69.6 cm³/mol. The average molecular weight is 316 g/mol. The van der Waals surface area contributed by atoms with Crippen molar-refractivity contribution >= 4 is 33.3 Å². The van der Waals surface area contributed by atoms with Gasteiger partial charge in [0.05, 0.1) is 11.2 Å². The Bertz CT molecular complexity index is 698. The van der Waals surface area contributed by atoms with Gasteiger partial charge in [-0.25, -0.2) is 18.2 Å². The van der Waals surface area contributed by atoms with Gasteiger partial charge >= 0.3 is 6.03 Å². The maximum Gasteiger partial charge on any atom is 0.322 e. The van der Waals surface area contributed by atoms with E-state index in [1.54, 1.807) is 6.92 Å². The molecule has 1 unspecified atom stereocenters. The molecule has 3 amide bonds. The molecule has 0 saturated carbocycles. The van der Waals surface area contributed by atoms with Crippen LogP contribution in [-0.2, 0) is 14.8 Å². The summed E-state index contributed by atoms with van der Waals surface area (Å²) in [5, 5.41) is 5.32. The number of thiazole rings is 1. The number of aryl methyl sites for hydroxylation is 1. The summed E-state index contributed by atoms with van der Waals surface area (Å²) < 4.78 is 26.2. The van der Waals surface area contributed by atoms with Crippen molar-refractivity contribution in [3.05, 3.63) is 11.2 Å². The summed E-state index contributed by atoms with van der Waals surface area (Å²) in [6.07, 6.45) is 1.58. The molecule has 1 atom stereocenters. The van der Waals surface area contributed by atoms with Crippen LogP contribution in [0.15, 0.2) is 10.4 Å². The van der Waals surface area contributed by atoms with Gasteiger partial charge in [0.1, 0.15) is 5.54 Å². The molecule has 3 rings (SSSR count). The smallest absolute Gasteiger partial charge is 0.322 e. The van der Waals surface area contributed by atoms with Gasteiger partial charge in [-0.15, -0.1) is 11.3 Å². The Balaban J connectivity index is 1.87. The first-order valence-corrected chi connectivity index (χ1v) is 8.15. The molecule has 0 aromatic carbocycles. The van der Waals surface area contributed by atoms with Crippen molar-refractivity contribution < 1.29 is 18.0 Å². The standard InChI is InChI=1S/C10H12N4O4S2/c1-6-11-4-7(19-6)20(17,18)14-3-2-10(5-14)8(15)12-9(16)13-10/h4H,2-3,5H2,1H3,(H2,12,13,15,16). The second kappa shape index (κ2) is 4.24. The zero-order chi connectivity index (χ0) is 14.5. The fourth-order valence-electron chi connectivity index (χ4n) is 2.38. The number of rotatable bonds is 2. The minimum Gasteiger partial charge on any atom is -0.322 e. The maximum atomic E-state index is 12.4. The molecule has 1 aromatic heterocycles. The highest BCUT2D eigenvalue weighted by Crippen LogP contribution is 2.31. The van der Waals surface area contributed by atoms with E-state index in [9.17, 15) is 18.0 Å². The van der Waals surface area contributed by atoms with Gasteiger partial charge in [0.15, 0.2) is 4.21 Å². The Labute approximate surface area is 119 Å². The van der Waals surface area contributed by atoms with Crippen LogP contribution >= 0.6 is 11.3 Å². The van der Waals surface area contributed by atoms with Crippen molar-refractivity contribution in [2.45, 2.75) is 23.1 Å². The molecule has 20 heavy (non-hydrogen) atoms. The van der Waals surface area contributed by atoms with Crippen molar-refractivity contribution in [1.29, 1.82) is 0 Å². The minimum atomic E-state index is -3.66. The molecule has 0 radical (unpaired) electrons. The predicted octanol–water partition coefficient (Wildman–Crippen LogP) is -0.576. The third kappa shape index (κ3) is 1.91. The highest BCUT2D eigenvalue weighted by molar-refractivity contribution is 7.91. The van der Waals surface area contributed by atoms with E-state index in [4.69, 9.17) is 0 Å². The van der Waals surface area contributed by atoms with E-state index in [-0.39, 0.29) is 23.7 Å². The summed E-state index contributed by atoms with van der Waals surface area (Å²) in [6.45, 7) is 1.86. The second-order valence-electron chi connectivity index (χ2n) is 4.78. The molecular formula is C10H12N4O4S2. The van der Waals surface area contributed by atoms with Crippen molar-refractivity contribution in [3.63, 3.8) is 0 Å². The van der Waals surface area contributed by atoms with Crippen molar-refractivity contribution in [3.8, 4) is 0 Å². The monoisotopic (exact) mass is 316 g/mol. The van der Waals surface area contributed by atoms with Crippen LogP contribution in [0.1, 0.15) is 11.4 Å². The lowest BCUT2D eigenvalue weighted by molar-refractivity contribution is -0.123. The number of sulfonamides is 1. The summed E-state index contributed by atoms with van der Waals surface area (Å²) in [5.41, 5.74) is -1.14. The zero-order valence-corrected chi connectivity index (χ0v) is 12.2. The first-order chi connectivity index (χ1) is 9.33. The SMILES string of the molecule is Cc1ncc(S(=O)(=O)N2CCC3(C2)NC(=O)NC3=O)s1. The Kier molecular flexibility index (Phi) is 2.85. The lowest BCUT2D eigenvalue weighted by Gasteiger charge is -2.20. The molecular weight excluding hydrogens is 304 g/mol. The normalized spacial score (nSPS) is 27.1. The van der Waals surface area contributed by atoms with Crippen LogP contribution in [0.2, 0.25) is 0 Å². The van der Waals surface area contributed by atoms with Gasteiger partial charge in [-0.05, 0) is 13.3 Å². The summed E-state index contributed by atoms with van der Waals surface area (Å²) >= 11 is 1.09. The number of hydrogen-bond donors (Lipinski definition) is 2. The van der Waals surface area contributed by atoms with Gasteiger partial charge in [0, 0.05) is 13.1 Å². The van der Waals surface area contributed by atoms with Crippen LogP contribution < -0.4 is 10.6 Å². The third-order valence-electron chi connectivity index (χ3n) is 3.44. The molecule has 10 heteroatoms. The molecule has 0 bridgehead atoms. The van der Waals surface area contributed by atoms with Gasteiger partial charge in [-0.3, -0.25) is 10.1 Å². The molecule has 0 aliphatic carbocycles. The molecule has 2 fully saturated rings. The number of nitrogens with one attached hydrogen (secondary N) is 2. The van der Waals surface area contributed by atoms with Gasteiger partial charge < -0.3 is 5.32 Å². The average Bonchev–Trinajstić information content (AvgIpc) is 3.02. The van der Waals surface area contributed by atoms with E-state index in [0.717, 1.165) is 11.3 Å². The first kappa shape index (κ1) is 13.5. The number of amides is 3. The molecule has 2 N–H and O–H groups in total. The summed E-state index contributed by atoms with van der Waals surface area (Å²) in [5.74, 6) is -0.472. The van der Waals surface area contributed by atoms with Crippen LogP contribution in [-0.4, -0.2) is 48.3 Å². The van der Waals surface area contributed by atoms with E-state index >= 15 is 0 Å². The lowest BCUT2D eigenvalue weighted by Crippen LogP contribution is -2.49. The highest BCUT2D eigenvalue weighted by atomic mass is 32.2. The molecule has 2 aliphatic rings. The number of urea groups is 1. The van der Waals surface area contributed by atoms with Crippen molar-refractivity contribution in [1.82, 2.24) is 19.9 Å². The fraction of sp³-hybridized carbons (Fsp3) is 0.500. The molecule has 1 spiro atoms. The molecule has 2 aliphatic heterocycles. The van der Waals surface area contributed by atoms with Gasteiger partial charge in [0.25, 0.3) is 15.9 Å². The van der Waals surface area contributed by atoms with E-state index in [0.29, 0.717) is 5.01 Å². The Morgan fingerprint density at radius 3 is 2.75 bits per heavy atom. The van der Waals surface area contributed by atoms with Crippen LogP contribution in [0.5, 0.6) is 0 Å². The van der Waals surface area contributed by atoms with E-state index in [1.807, 2.05) is 0 Å². The number of carbonyl (C=O) groups is 2. The molecule has 1 aromatic rings. The largest absolute Gasteiger partial charge is 0.322 e. The van der Waals surface area contributed by atoms with Crippen LogP contribution in [0.25, 0.3) is 0 Å². The van der Waals surface area contributed by atoms with Crippen LogP contribution in [0.3, 0.4) is 0 Å². The molecule has 2 saturated heterocycles. The number of nitrogens with zero attached hydrogens (tertiary/aromatic N) is 2. The Morgan fingerprint density at radius 1 is 1.45 bits per heavy atom. The summed E-state index contributed by atoms with van der Waals surface area (Å²) in [6, 6.07) is -0.581. The van der Waals surface area contributed by atoms with E-state index in [1.165, 1.54) is 10.5 Å². The molecule has 8 nitrogen and oxygen atoms in total. The number of carbonyl (C=O) groups excluding carboxylic acids is 2. The topological polar surface area (TPSA) is 108 Å². The van der Waals surface area contributed by atoms with Gasteiger partial charge in [-0.1, -0.05) is 0 Å². The van der Waals surface area contributed by atoms with Gasteiger partial charge in [-0.2, -0.15) is 4.31 Å². The Morgan fingerprint density at radius 2 is 2.20 bits per heavy atom. The second-order valence-corrected chi connectivity index (χ2v) is 8.18. The summed E-state index contributed by atoms with van der Waals surface area (Å²) in [4.78, 5) is 27.0.